The first-order chi connectivity index (χ1) is 8.15. The van der Waals surface area contributed by atoms with E-state index in [9.17, 15) is 9.18 Å². The summed E-state index contributed by atoms with van der Waals surface area (Å²) in [6, 6.07) is 4.05. The van der Waals surface area contributed by atoms with Crippen molar-refractivity contribution < 1.29 is 23.4 Å². The van der Waals surface area contributed by atoms with E-state index in [4.69, 9.17) is 14.3 Å². The highest BCUT2D eigenvalue weighted by molar-refractivity contribution is 5.92. The van der Waals surface area contributed by atoms with Gasteiger partial charge in [-0.3, -0.25) is 0 Å². The molecule has 5 heteroatoms. The monoisotopic (exact) mass is 238 g/mol. The number of benzene rings is 1. The Morgan fingerprint density at radius 1 is 1.47 bits per heavy atom. The highest BCUT2D eigenvalue weighted by Gasteiger charge is 2.15. The fraction of sp³-hybridized carbons (Fsp3) is 0.250. The van der Waals surface area contributed by atoms with Gasteiger partial charge in [-0.05, 0) is 19.1 Å². The molecule has 0 radical (unpaired) electrons. The second-order valence-electron chi connectivity index (χ2n) is 3.47. The van der Waals surface area contributed by atoms with Crippen LogP contribution in [-0.4, -0.2) is 17.7 Å². The third kappa shape index (κ3) is 2.14. The molecule has 0 aliphatic heterocycles. The van der Waals surface area contributed by atoms with E-state index in [0.717, 1.165) is 6.07 Å². The third-order valence-corrected chi connectivity index (χ3v) is 2.33. The maximum Gasteiger partial charge on any atom is 0.374 e. The molecule has 0 bridgehead atoms. The molecular weight excluding hydrogens is 227 g/mol. The molecule has 0 aliphatic rings. The Labute approximate surface area is 96.6 Å². The first kappa shape index (κ1) is 11.6. The van der Waals surface area contributed by atoms with Gasteiger partial charge < -0.3 is 14.3 Å². The van der Waals surface area contributed by atoms with Crippen LogP contribution in [0.3, 0.4) is 0 Å². The van der Waals surface area contributed by atoms with Gasteiger partial charge in [-0.1, -0.05) is 0 Å². The number of fused-ring (bicyclic) bond motifs is 1. The molecule has 90 valence electrons. The zero-order valence-electron chi connectivity index (χ0n) is 9.20. The smallest absolute Gasteiger partial charge is 0.374 e. The number of hydrogen-bond acceptors (Lipinski definition) is 4. The topological polar surface area (TPSA) is 59.7 Å². The van der Waals surface area contributed by atoms with E-state index in [1.165, 1.54) is 12.1 Å². The zero-order valence-corrected chi connectivity index (χ0v) is 9.20. The number of furan rings is 1. The minimum Gasteiger partial charge on any atom is -0.460 e. The SMILES string of the molecule is CCOC(=O)c1cc2cc(CO)c(F)cc2o1. The molecular formula is C12H11FO4. The van der Waals surface area contributed by atoms with Crippen LogP contribution in [0.1, 0.15) is 23.0 Å². The highest BCUT2D eigenvalue weighted by Crippen LogP contribution is 2.23. The zero-order chi connectivity index (χ0) is 12.4. The lowest BCUT2D eigenvalue weighted by atomic mass is 10.1. The van der Waals surface area contributed by atoms with E-state index in [1.54, 1.807) is 6.92 Å². The van der Waals surface area contributed by atoms with E-state index < -0.39 is 18.4 Å². The molecule has 1 aromatic heterocycles. The van der Waals surface area contributed by atoms with Crippen molar-refractivity contribution in [2.75, 3.05) is 6.61 Å². The van der Waals surface area contributed by atoms with Gasteiger partial charge in [0.15, 0.2) is 0 Å². The molecule has 1 N–H and O–H groups in total. The molecule has 0 amide bonds. The normalized spacial score (nSPS) is 10.8. The summed E-state index contributed by atoms with van der Waals surface area (Å²) in [4.78, 5) is 11.4. The van der Waals surface area contributed by atoms with Crippen LogP contribution in [0.5, 0.6) is 0 Å². The van der Waals surface area contributed by atoms with Crippen molar-refractivity contribution in [2.24, 2.45) is 0 Å². The first-order valence-electron chi connectivity index (χ1n) is 5.15. The number of hydrogen-bond donors (Lipinski definition) is 1. The van der Waals surface area contributed by atoms with E-state index in [-0.39, 0.29) is 23.5 Å². The number of aliphatic hydroxyl groups is 1. The van der Waals surface area contributed by atoms with Crippen LogP contribution >= 0.6 is 0 Å². The molecule has 4 nitrogen and oxygen atoms in total. The molecule has 0 saturated carbocycles. The lowest BCUT2D eigenvalue weighted by Gasteiger charge is -1.97. The molecule has 0 aliphatic carbocycles. The lowest BCUT2D eigenvalue weighted by Crippen LogP contribution is -2.02. The predicted molar refractivity (Wildman–Crippen MR) is 58.1 cm³/mol. The van der Waals surface area contributed by atoms with Crippen molar-refractivity contribution in [3.63, 3.8) is 0 Å². The minimum absolute atomic E-state index is 0.0244. The van der Waals surface area contributed by atoms with E-state index in [1.807, 2.05) is 0 Å². The van der Waals surface area contributed by atoms with Crippen LogP contribution in [0, 0.1) is 5.82 Å². The standard InChI is InChI=1S/C12H11FO4/c1-2-16-12(15)11-4-7-3-8(6-14)9(13)5-10(7)17-11/h3-5,14H,2,6H2,1H3. The first-order valence-corrected chi connectivity index (χ1v) is 5.15. The maximum atomic E-state index is 13.3. The summed E-state index contributed by atoms with van der Waals surface area (Å²) >= 11 is 0. The summed E-state index contributed by atoms with van der Waals surface area (Å²) < 4.78 is 23.3. The average Bonchev–Trinajstić information content (AvgIpc) is 2.71. The van der Waals surface area contributed by atoms with Crippen LogP contribution in [-0.2, 0) is 11.3 Å². The average molecular weight is 238 g/mol. The number of aliphatic hydroxyl groups excluding tert-OH is 1. The van der Waals surface area contributed by atoms with Crippen LogP contribution < -0.4 is 0 Å². The van der Waals surface area contributed by atoms with Crippen molar-refractivity contribution >= 4 is 16.9 Å². The van der Waals surface area contributed by atoms with Crippen LogP contribution in [0.25, 0.3) is 11.0 Å². The summed E-state index contributed by atoms with van der Waals surface area (Å²) in [5.74, 6) is -1.13. The van der Waals surface area contributed by atoms with Crippen LogP contribution in [0.4, 0.5) is 4.39 Å². The van der Waals surface area contributed by atoms with Gasteiger partial charge in [0.1, 0.15) is 11.4 Å². The summed E-state index contributed by atoms with van der Waals surface area (Å²) in [6.07, 6.45) is 0. The van der Waals surface area contributed by atoms with Crippen molar-refractivity contribution in [3.05, 3.63) is 35.3 Å². The Kier molecular flexibility index (Phi) is 3.10. The molecule has 17 heavy (non-hydrogen) atoms. The molecule has 2 aromatic rings. The van der Waals surface area contributed by atoms with E-state index in [2.05, 4.69) is 0 Å². The lowest BCUT2D eigenvalue weighted by molar-refractivity contribution is 0.0492. The number of ether oxygens (including phenoxy) is 1. The summed E-state index contributed by atoms with van der Waals surface area (Å²) in [7, 11) is 0. The molecule has 0 atom stereocenters. The van der Waals surface area contributed by atoms with Gasteiger partial charge in [-0.15, -0.1) is 0 Å². The van der Waals surface area contributed by atoms with Crippen molar-refractivity contribution in [2.45, 2.75) is 13.5 Å². The largest absolute Gasteiger partial charge is 0.460 e. The van der Waals surface area contributed by atoms with Crippen LogP contribution in [0.2, 0.25) is 0 Å². The summed E-state index contributed by atoms with van der Waals surface area (Å²) in [5, 5.41) is 9.47. The number of halogens is 1. The summed E-state index contributed by atoms with van der Waals surface area (Å²) in [6.45, 7) is 1.53. The third-order valence-electron chi connectivity index (χ3n) is 2.33. The fourth-order valence-electron chi connectivity index (χ4n) is 1.53. The van der Waals surface area contributed by atoms with Crippen molar-refractivity contribution in [1.82, 2.24) is 0 Å². The molecule has 1 heterocycles. The minimum atomic E-state index is -0.588. The van der Waals surface area contributed by atoms with Crippen LogP contribution in [0.15, 0.2) is 22.6 Å². The summed E-state index contributed by atoms with van der Waals surface area (Å²) in [5.41, 5.74) is 0.413. The Hall–Kier alpha value is -1.88. The van der Waals surface area contributed by atoms with Crippen molar-refractivity contribution in [1.29, 1.82) is 0 Å². The van der Waals surface area contributed by atoms with E-state index >= 15 is 0 Å². The maximum absolute atomic E-state index is 13.3. The highest BCUT2D eigenvalue weighted by atomic mass is 19.1. The molecule has 0 fully saturated rings. The fourth-order valence-corrected chi connectivity index (χ4v) is 1.53. The van der Waals surface area contributed by atoms with Gasteiger partial charge in [0.25, 0.3) is 0 Å². The quantitative estimate of drug-likeness (QED) is 0.833. The van der Waals surface area contributed by atoms with Gasteiger partial charge in [0.05, 0.1) is 13.2 Å². The van der Waals surface area contributed by atoms with Gasteiger partial charge in [-0.2, -0.15) is 0 Å². The molecule has 0 saturated heterocycles. The number of rotatable bonds is 3. The van der Waals surface area contributed by atoms with Gasteiger partial charge in [0, 0.05) is 17.0 Å². The molecule has 0 spiro atoms. The van der Waals surface area contributed by atoms with Gasteiger partial charge in [-0.25, -0.2) is 9.18 Å². The molecule has 0 unspecified atom stereocenters. The second-order valence-corrected chi connectivity index (χ2v) is 3.47. The van der Waals surface area contributed by atoms with Gasteiger partial charge >= 0.3 is 5.97 Å². The molecule has 1 aromatic carbocycles. The number of esters is 1. The molecule has 2 rings (SSSR count). The predicted octanol–water partition coefficient (Wildman–Crippen LogP) is 2.24. The Balaban J connectivity index is 2.47. The number of carbonyl (C=O) groups is 1. The van der Waals surface area contributed by atoms with Gasteiger partial charge in [0.2, 0.25) is 5.76 Å². The second kappa shape index (κ2) is 4.55. The van der Waals surface area contributed by atoms with Crippen molar-refractivity contribution in [3.8, 4) is 0 Å². The Morgan fingerprint density at radius 3 is 2.88 bits per heavy atom. The number of carbonyl (C=O) groups excluding carboxylic acids is 1. The Bertz CT molecular complexity index is 559. The Morgan fingerprint density at radius 2 is 2.24 bits per heavy atom. The van der Waals surface area contributed by atoms with E-state index in [0.29, 0.717) is 5.39 Å².